The van der Waals surface area contributed by atoms with Crippen LogP contribution < -0.4 is 15.5 Å². The van der Waals surface area contributed by atoms with Crippen LogP contribution in [0.4, 0.5) is 10.1 Å². The van der Waals surface area contributed by atoms with Crippen LogP contribution in [-0.4, -0.2) is 38.0 Å². The maximum Gasteiger partial charge on any atom is 0.355 e. The van der Waals surface area contributed by atoms with Crippen molar-refractivity contribution >= 4 is 23.3 Å². The van der Waals surface area contributed by atoms with E-state index in [-0.39, 0.29) is 47.6 Å². The van der Waals surface area contributed by atoms with Gasteiger partial charge in [-0.15, -0.1) is 0 Å². The summed E-state index contributed by atoms with van der Waals surface area (Å²) in [5.74, 6) is -1.30. The monoisotopic (exact) mass is 444 g/mol. The quantitative estimate of drug-likeness (QED) is 0.472. The Kier molecular flexibility index (Phi) is 6.40. The Morgan fingerprint density at radius 2 is 2.19 bits per heavy atom. The smallest absolute Gasteiger partial charge is 0.355 e. The van der Waals surface area contributed by atoms with E-state index in [1.807, 2.05) is 0 Å². The van der Waals surface area contributed by atoms with E-state index in [2.05, 4.69) is 20.8 Å². The van der Waals surface area contributed by atoms with Crippen molar-refractivity contribution in [3.05, 3.63) is 47.5 Å². The van der Waals surface area contributed by atoms with Crippen molar-refractivity contribution in [2.24, 2.45) is 7.05 Å². The SMILES string of the molecule is COc1c(NN2C=C(Cl)NC=C2C(=O)O)cc(F)cc1-c1ncn(C)n1.[Zn]. The maximum atomic E-state index is 14.2. The summed E-state index contributed by atoms with van der Waals surface area (Å²) in [6.07, 6.45) is 3.97. The molecule has 0 saturated heterocycles. The number of benzene rings is 1. The van der Waals surface area contributed by atoms with Gasteiger partial charge in [0.1, 0.15) is 23.0 Å². The molecule has 1 aliphatic heterocycles. The Morgan fingerprint density at radius 1 is 1.44 bits per heavy atom. The van der Waals surface area contributed by atoms with Gasteiger partial charge in [0, 0.05) is 38.8 Å². The molecule has 0 amide bonds. The molecule has 0 radical (unpaired) electrons. The minimum Gasteiger partial charge on any atom is -0.494 e. The predicted molar refractivity (Wildman–Crippen MR) is 91.2 cm³/mol. The number of aliphatic carboxylic acids is 1. The molecule has 0 fully saturated rings. The van der Waals surface area contributed by atoms with Crippen molar-refractivity contribution in [2.75, 3.05) is 12.5 Å². The molecule has 1 aliphatic rings. The third-order valence-electron chi connectivity index (χ3n) is 3.41. The van der Waals surface area contributed by atoms with Crippen molar-refractivity contribution in [3.63, 3.8) is 0 Å². The van der Waals surface area contributed by atoms with Gasteiger partial charge in [-0.3, -0.25) is 15.1 Å². The van der Waals surface area contributed by atoms with Crippen molar-refractivity contribution in [3.8, 4) is 17.1 Å². The van der Waals surface area contributed by atoms with E-state index >= 15 is 0 Å². The van der Waals surface area contributed by atoms with Crippen LogP contribution in [0.1, 0.15) is 0 Å². The fourth-order valence-corrected chi connectivity index (χ4v) is 2.49. The number of aryl methyl sites for hydroxylation is 1. The van der Waals surface area contributed by atoms with E-state index in [0.717, 1.165) is 11.1 Å². The van der Waals surface area contributed by atoms with Gasteiger partial charge in [-0.25, -0.2) is 14.2 Å². The molecule has 1 aromatic heterocycles. The van der Waals surface area contributed by atoms with Crippen molar-refractivity contribution in [2.45, 2.75) is 0 Å². The van der Waals surface area contributed by atoms with Gasteiger partial charge in [0.15, 0.2) is 17.3 Å². The first kappa shape index (κ1) is 20.7. The van der Waals surface area contributed by atoms with Gasteiger partial charge in [0.25, 0.3) is 0 Å². The van der Waals surface area contributed by atoms with Gasteiger partial charge in [-0.2, -0.15) is 5.10 Å². The summed E-state index contributed by atoms with van der Waals surface area (Å²) in [5, 5.41) is 17.3. The third-order valence-corrected chi connectivity index (χ3v) is 3.61. The average molecular weight is 446 g/mol. The largest absolute Gasteiger partial charge is 0.494 e. The summed E-state index contributed by atoms with van der Waals surface area (Å²) in [6, 6.07) is 2.39. The number of carboxylic acids is 1. The Balaban J connectivity index is 0.00000261. The van der Waals surface area contributed by atoms with Crippen LogP contribution in [-0.2, 0) is 31.3 Å². The zero-order valence-electron chi connectivity index (χ0n) is 14.4. The van der Waals surface area contributed by atoms with Gasteiger partial charge in [0.2, 0.25) is 0 Å². The molecule has 0 atom stereocenters. The molecule has 3 N–H and O–H groups in total. The maximum absolute atomic E-state index is 14.2. The first-order valence-corrected chi connectivity index (χ1v) is 7.63. The number of methoxy groups -OCH3 is 1. The Bertz CT molecular complexity index is 932. The van der Waals surface area contributed by atoms with Crippen molar-refractivity contribution in [1.82, 2.24) is 25.1 Å². The number of anilines is 1. The van der Waals surface area contributed by atoms with Crippen molar-refractivity contribution < 1.29 is 38.5 Å². The molecule has 2 aromatic rings. The molecule has 2 heterocycles. The normalized spacial score (nSPS) is 13.1. The summed E-state index contributed by atoms with van der Waals surface area (Å²) < 4.78 is 21.0. The number of halogens is 2. The number of carboxylic acid groups (broad SMARTS) is 1. The van der Waals surface area contributed by atoms with Gasteiger partial charge in [-0.05, 0) is 6.07 Å². The molecule has 3 rings (SSSR count). The van der Waals surface area contributed by atoms with Crippen LogP contribution in [0, 0.1) is 5.82 Å². The predicted octanol–water partition coefficient (Wildman–Crippen LogP) is 1.82. The zero-order chi connectivity index (χ0) is 18.8. The topological polar surface area (TPSA) is 105 Å². The average Bonchev–Trinajstić information content (AvgIpc) is 3.00. The number of hydrogen-bond donors (Lipinski definition) is 3. The molecule has 0 bridgehead atoms. The summed E-state index contributed by atoms with van der Waals surface area (Å²) >= 11 is 5.89. The second kappa shape index (κ2) is 8.36. The van der Waals surface area contributed by atoms with Crippen LogP contribution in [0.25, 0.3) is 11.4 Å². The first-order chi connectivity index (χ1) is 12.4. The number of hydrogen-bond acceptors (Lipinski definition) is 7. The van der Waals surface area contributed by atoms with Gasteiger partial charge < -0.3 is 15.2 Å². The van der Waals surface area contributed by atoms with Gasteiger partial charge in [0.05, 0.1) is 18.9 Å². The van der Waals surface area contributed by atoms with E-state index in [1.165, 1.54) is 36.6 Å². The van der Waals surface area contributed by atoms with Crippen LogP contribution in [0.3, 0.4) is 0 Å². The standard InChI is InChI=1S/C15H14ClFN6O3.Zn/c1-22-7-19-14(21-22)9-3-8(17)4-10(13(9)26-2)20-23-6-12(16)18-5-11(23)15(24)25;/h3-7,18,20H,1-2H3,(H,24,25);. The van der Waals surface area contributed by atoms with E-state index in [9.17, 15) is 14.3 Å². The number of nitrogens with zero attached hydrogens (tertiary/aromatic N) is 4. The molecule has 0 saturated carbocycles. The summed E-state index contributed by atoms with van der Waals surface area (Å²) in [7, 11) is 3.08. The van der Waals surface area contributed by atoms with Crippen molar-refractivity contribution in [1.29, 1.82) is 0 Å². The van der Waals surface area contributed by atoms with E-state index in [0.29, 0.717) is 5.56 Å². The van der Waals surface area contributed by atoms with Gasteiger partial charge >= 0.3 is 5.97 Å². The Labute approximate surface area is 171 Å². The summed E-state index contributed by atoms with van der Waals surface area (Å²) in [4.78, 5) is 15.5. The van der Waals surface area contributed by atoms with Crippen LogP contribution >= 0.6 is 11.6 Å². The first-order valence-electron chi connectivity index (χ1n) is 7.26. The Morgan fingerprint density at radius 3 is 2.78 bits per heavy atom. The second-order valence-corrected chi connectivity index (χ2v) is 5.62. The van der Waals surface area contributed by atoms with Crippen LogP contribution in [0.2, 0.25) is 0 Å². The second-order valence-electron chi connectivity index (χ2n) is 5.21. The molecule has 27 heavy (non-hydrogen) atoms. The Hall–Kier alpha value is -2.65. The third kappa shape index (κ3) is 4.37. The molecule has 0 spiro atoms. The molecule has 138 valence electrons. The van der Waals surface area contributed by atoms with E-state index < -0.39 is 11.8 Å². The number of aromatic nitrogens is 3. The fraction of sp³-hybridized carbons (Fsp3) is 0.133. The van der Waals surface area contributed by atoms with E-state index in [1.54, 1.807) is 7.05 Å². The van der Waals surface area contributed by atoms with Gasteiger partial charge in [-0.1, -0.05) is 11.6 Å². The molecule has 0 unspecified atom stereocenters. The number of hydrazine groups is 1. The number of ether oxygens (including phenoxy) is 1. The molecular weight excluding hydrogens is 432 g/mol. The summed E-state index contributed by atoms with van der Waals surface area (Å²) in [5.41, 5.74) is 3.10. The molecule has 9 nitrogen and oxygen atoms in total. The van der Waals surface area contributed by atoms with E-state index in [4.69, 9.17) is 16.3 Å². The minimum absolute atomic E-state index is 0. The molecule has 1 aromatic carbocycles. The molecule has 0 aliphatic carbocycles. The number of rotatable bonds is 5. The zero-order valence-corrected chi connectivity index (χ0v) is 18.1. The molecule has 12 heteroatoms. The van der Waals surface area contributed by atoms with Crippen LogP contribution in [0.15, 0.2) is 41.7 Å². The summed E-state index contributed by atoms with van der Waals surface area (Å²) in [6.45, 7) is 0. The number of carbonyl (C=O) groups is 1. The fourth-order valence-electron chi connectivity index (χ4n) is 2.34. The minimum atomic E-state index is -1.22. The number of nitrogens with one attached hydrogen (secondary N) is 2. The molecular formula is C15H14ClFN6O3Zn. The van der Waals surface area contributed by atoms with Crippen LogP contribution in [0.5, 0.6) is 5.75 Å².